The van der Waals surface area contributed by atoms with E-state index in [2.05, 4.69) is 187 Å². The summed E-state index contributed by atoms with van der Waals surface area (Å²) in [7, 11) is 0. The van der Waals surface area contributed by atoms with Gasteiger partial charge in [-0.15, -0.1) is 0 Å². The first-order chi connectivity index (χ1) is 24.8. The standard InChI is InChI=1S/C48H31NO/c1-3-12-32(13-4-1)33-22-26-37(27-23-33)49(36-16-5-2-6-17-36)48-42(30-31-45-47(48)43-19-9-10-21-44(43)50-45)40-20-11-15-35-25-28-39-38-18-8-7-14-34(38)24-29-41(39)46(35)40/h1-31H. The molecule has 2 nitrogen and oxygen atoms in total. The van der Waals surface area contributed by atoms with Crippen LogP contribution >= 0.6 is 0 Å². The van der Waals surface area contributed by atoms with Gasteiger partial charge in [0, 0.05) is 22.3 Å². The van der Waals surface area contributed by atoms with Gasteiger partial charge in [0.05, 0.1) is 11.1 Å². The molecule has 1 aromatic heterocycles. The van der Waals surface area contributed by atoms with Crippen molar-refractivity contribution in [2.75, 3.05) is 4.90 Å². The molecule has 9 aromatic carbocycles. The second-order valence-corrected chi connectivity index (χ2v) is 12.9. The largest absolute Gasteiger partial charge is 0.456 e. The van der Waals surface area contributed by atoms with Crippen LogP contribution in [0.3, 0.4) is 0 Å². The summed E-state index contributed by atoms with van der Waals surface area (Å²) in [6.45, 7) is 0. The van der Waals surface area contributed by atoms with Gasteiger partial charge in [-0.25, -0.2) is 0 Å². The number of rotatable bonds is 5. The number of para-hydroxylation sites is 2. The highest BCUT2D eigenvalue weighted by Gasteiger charge is 2.25. The van der Waals surface area contributed by atoms with Gasteiger partial charge >= 0.3 is 0 Å². The van der Waals surface area contributed by atoms with Gasteiger partial charge in [-0.1, -0.05) is 146 Å². The van der Waals surface area contributed by atoms with Crippen molar-refractivity contribution in [3.8, 4) is 22.3 Å². The van der Waals surface area contributed by atoms with Crippen LogP contribution in [0.5, 0.6) is 0 Å². The SMILES string of the molecule is c1ccc(-c2ccc(N(c3ccccc3)c3c(-c4cccc5ccc6c7ccccc7ccc6c45)ccc4oc5ccccc5c34)cc2)cc1. The van der Waals surface area contributed by atoms with Crippen molar-refractivity contribution in [2.24, 2.45) is 0 Å². The van der Waals surface area contributed by atoms with E-state index < -0.39 is 0 Å². The molecule has 2 heteroatoms. The van der Waals surface area contributed by atoms with Crippen molar-refractivity contribution in [3.05, 3.63) is 188 Å². The molecule has 0 aliphatic carbocycles. The Balaban J connectivity index is 1.32. The van der Waals surface area contributed by atoms with E-state index in [0.717, 1.165) is 44.6 Å². The third-order valence-corrected chi connectivity index (χ3v) is 10.0. The lowest BCUT2D eigenvalue weighted by Crippen LogP contribution is -2.11. The molecule has 234 valence electrons. The van der Waals surface area contributed by atoms with Gasteiger partial charge in [-0.05, 0) is 91.5 Å². The molecule has 0 unspecified atom stereocenters. The van der Waals surface area contributed by atoms with Gasteiger partial charge in [0.15, 0.2) is 0 Å². The van der Waals surface area contributed by atoms with Crippen molar-refractivity contribution >= 4 is 71.3 Å². The van der Waals surface area contributed by atoms with E-state index in [9.17, 15) is 0 Å². The molecule has 0 amide bonds. The minimum atomic E-state index is 0.864. The van der Waals surface area contributed by atoms with E-state index in [-0.39, 0.29) is 0 Å². The first-order valence-corrected chi connectivity index (χ1v) is 17.1. The van der Waals surface area contributed by atoms with Crippen LogP contribution in [0.1, 0.15) is 0 Å². The molecule has 0 fully saturated rings. The topological polar surface area (TPSA) is 16.4 Å². The second kappa shape index (κ2) is 11.5. The van der Waals surface area contributed by atoms with Crippen LogP contribution in [0.25, 0.3) is 76.5 Å². The highest BCUT2D eigenvalue weighted by atomic mass is 16.3. The van der Waals surface area contributed by atoms with E-state index in [1.807, 2.05) is 6.07 Å². The molecule has 0 aliphatic rings. The van der Waals surface area contributed by atoms with Crippen molar-refractivity contribution in [3.63, 3.8) is 0 Å². The Hall–Kier alpha value is -6.64. The Labute approximate surface area is 290 Å². The summed E-state index contributed by atoms with van der Waals surface area (Å²) >= 11 is 0. The molecule has 0 atom stereocenters. The van der Waals surface area contributed by atoms with E-state index >= 15 is 0 Å². The van der Waals surface area contributed by atoms with Crippen LogP contribution in [0.15, 0.2) is 192 Å². The highest BCUT2D eigenvalue weighted by molar-refractivity contribution is 6.24. The van der Waals surface area contributed by atoms with E-state index in [1.54, 1.807) is 0 Å². The number of benzene rings is 9. The summed E-state index contributed by atoms with van der Waals surface area (Å²) in [4.78, 5) is 2.41. The van der Waals surface area contributed by atoms with Crippen molar-refractivity contribution in [1.82, 2.24) is 0 Å². The predicted octanol–water partition coefficient (Wildman–Crippen LogP) is 13.8. The van der Waals surface area contributed by atoms with Crippen LogP contribution in [0.4, 0.5) is 17.1 Å². The smallest absolute Gasteiger partial charge is 0.137 e. The molecular formula is C48H31NO. The molecule has 0 radical (unpaired) electrons. The molecule has 10 aromatic rings. The average Bonchev–Trinajstić information content (AvgIpc) is 3.58. The number of hydrogen-bond donors (Lipinski definition) is 0. The van der Waals surface area contributed by atoms with Gasteiger partial charge in [0.1, 0.15) is 11.2 Å². The Morgan fingerprint density at radius 3 is 1.80 bits per heavy atom. The van der Waals surface area contributed by atoms with Gasteiger partial charge in [0.25, 0.3) is 0 Å². The van der Waals surface area contributed by atoms with Crippen LogP contribution in [-0.2, 0) is 0 Å². The van der Waals surface area contributed by atoms with Gasteiger partial charge in [-0.2, -0.15) is 0 Å². The fourth-order valence-electron chi connectivity index (χ4n) is 7.77. The summed E-state index contributed by atoms with van der Waals surface area (Å²) in [5.74, 6) is 0. The van der Waals surface area contributed by atoms with Gasteiger partial charge in [-0.3, -0.25) is 0 Å². The highest BCUT2D eigenvalue weighted by Crippen LogP contribution is 2.50. The molecule has 0 spiro atoms. The summed E-state index contributed by atoms with van der Waals surface area (Å²) in [6, 6.07) is 67.5. The zero-order valence-electron chi connectivity index (χ0n) is 27.3. The lowest BCUT2D eigenvalue weighted by atomic mass is 9.90. The van der Waals surface area contributed by atoms with Crippen LogP contribution in [0, 0.1) is 0 Å². The van der Waals surface area contributed by atoms with E-state index in [0.29, 0.717) is 0 Å². The van der Waals surface area contributed by atoms with E-state index in [1.165, 1.54) is 49.0 Å². The van der Waals surface area contributed by atoms with Crippen LogP contribution < -0.4 is 4.90 Å². The molecule has 0 N–H and O–H groups in total. The maximum Gasteiger partial charge on any atom is 0.137 e. The normalized spacial score (nSPS) is 11.6. The minimum Gasteiger partial charge on any atom is -0.456 e. The second-order valence-electron chi connectivity index (χ2n) is 12.9. The van der Waals surface area contributed by atoms with Gasteiger partial charge in [0.2, 0.25) is 0 Å². The monoisotopic (exact) mass is 637 g/mol. The first-order valence-electron chi connectivity index (χ1n) is 17.1. The Morgan fingerprint density at radius 1 is 0.320 bits per heavy atom. The zero-order valence-corrected chi connectivity index (χ0v) is 27.3. The summed E-state index contributed by atoms with van der Waals surface area (Å²) in [5, 5.41) is 9.67. The molecule has 0 aliphatic heterocycles. The maximum absolute atomic E-state index is 6.56. The fraction of sp³-hybridized carbons (Fsp3) is 0. The quantitative estimate of drug-likeness (QED) is 0.175. The molecule has 50 heavy (non-hydrogen) atoms. The maximum atomic E-state index is 6.56. The van der Waals surface area contributed by atoms with Crippen molar-refractivity contribution in [2.45, 2.75) is 0 Å². The van der Waals surface area contributed by atoms with Crippen molar-refractivity contribution in [1.29, 1.82) is 0 Å². The number of fused-ring (bicyclic) bond motifs is 8. The molecule has 1 heterocycles. The first kappa shape index (κ1) is 28.4. The van der Waals surface area contributed by atoms with Crippen LogP contribution in [0.2, 0.25) is 0 Å². The summed E-state index contributed by atoms with van der Waals surface area (Å²) in [6.07, 6.45) is 0. The Bertz CT molecular complexity index is 2850. The molecule has 0 saturated heterocycles. The van der Waals surface area contributed by atoms with Gasteiger partial charge < -0.3 is 9.32 Å². The predicted molar refractivity (Wildman–Crippen MR) is 212 cm³/mol. The Morgan fingerprint density at radius 2 is 0.960 bits per heavy atom. The van der Waals surface area contributed by atoms with E-state index in [4.69, 9.17) is 4.42 Å². The minimum absolute atomic E-state index is 0.864. The number of nitrogens with zero attached hydrogens (tertiary/aromatic N) is 1. The summed E-state index contributed by atoms with van der Waals surface area (Å²) in [5.41, 5.74) is 9.70. The Kier molecular flexibility index (Phi) is 6.53. The lowest BCUT2D eigenvalue weighted by Gasteiger charge is -2.29. The third kappa shape index (κ3) is 4.50. The molecule has 0 bridgehead atoms. The zero-order chi connectivity index (χ0) is 33.0. The van der Waals surface area contributed by atoms with Crippen LogP contribution in [-0.4, -0.2) is 0 Å². The number of furan rings is 1. The molecule has 10 rings (SSSR count). The van der Waals surface area contributed by atoms with Crippen molar-refractivity contribution < 1.29 is 4.42 Å². The molecule has 0 saturated carbocycles. The lowest BCUT2D eigenvalue weighted by molar-refractivity contribution is 0.669. The fourth-order valence-corrected chi connectivity index (χ4v) is 7.77. The average molecular weight is 638 g/mol. The third-order valence-electron chi connectivity index (χ3n) is 10.0. The number of hydrogen-bond acceptors (Lipinski definition) is 2. The molecular weight excluding hydrogens is 607 g/mol. The summed E-state index contributed by atoms with van der Waals surface area (Å²) < 4.78 is 6.56. The number of anilines is 3.